The van der Waals surface area contributed by atoms with Gasteiger partial charge < -0.3 is 10.2 Å². The molecular formula is C12H20O2. The number of hydrogen-bond donors (Lipinski definition) is 2. The van der Waals surface area contributed by atoms with Crippen LogP contribution in [0.2, 0.25) is 0 Å². The van der Waals surface area contributed by atoms with Gasteiger partial charge in [-0.15, -0.1) is 0 Å². The smallest absolute Gasteiger partial charge is 0.107 e. The first kappa shape index (κ1) is 15.2. The molecule has 0 aromatic heterocycles. The molecule has 0 aromatic rings. The topological polar surface area (TPSA) is 40.5 Å². The molecule has 0 saturated heterocycles. The van der Waals surface area contributed by atoms with Crippen molar-refractivity contribution in [2.24, 2.45) is 0 Å². The van der Waals surface area contributed by atoms with Crippen LogP contribution in [0.25, 0.3) is 0 Å². The van der Waals surface area contributed by atoms with Crippen molar-refractivity contribution in [2.75, 3.05) is 0 Å². The Hall–Kier alpha value is -1.28. The van der Waals surface area contributed by atoms with E-state index in [1.807, 2.05) is 12.2 Å². The van der Waals surface area contributed by atoms with Crippen LogP contribution in [0, 0.1) is 24.1 Å². The molecule has 0 aliphatic heterocycles. The third kappa shape index (κ3) is 22.4. The van der Waals surface area contributed by atoms with Gasteiger partial charge in [-0.1, -0.05) is 38.5 Å². The average Bonchev–Trinajstić information content (AvgIpc) is 2.21. The Morgan fingerprint density at radius 3 is 1.36 bits per heavy atom. The maximum atomic E-state index is 7.93. The average molecular weight is 196 g/mol. The molecule has 0 aromatic carbocycles. The Morgan fingerprint density at radius 1 is 0.786 bits per heavy atom. The quantitative estimate of drug-likeness (QED) is 0.536. The van der Waals surface area contributed by atoms with Crippen molar-refractivity contribution >= 4 is 0 Å². The molecular weight excluding hydrogens is 176 g/mol. The largest absolute Gasteiger partial charge is 0.462 e. The normalized spacial score (nSPS) is 7.00. The number of unbranched alkanes of at least 4 members (excludes halogenated alkanes) is 4. The lowest BCUT2D eigenvalue weighted by atomic mass is 10.3. The van der Waals surface area contributed by atoms with Crippen LogP contribution < -0.4 is 0 Å². The number of rotatable bonds is 4. The fraction of sp³-hybridized carbons (Fsp3) is 0.667. The van der Waals surface area contributed by atoms with Gasteiger partial charge in [-0.3, -0.25) is 0 Å². The first-order valence-corrected chi connectivity index (χ1v) is 5.07. The van der Waals surface area contributed by atoms with E-state index in [-0.39, 0.29) is 0 Å². The lowest BCUT2D eigenvalue weighted by Crippen LogP contribution is -1.65. The molecule has 2 heteroatoms. The van der Waals surface area contributed by atoms with Gasteiger partial charge in [-0.05, 0) is 12.8 Å². The van der Waals surface area contributed by atoms with Crippen LogP contribution in [0.5, 0.6) is 0 Å². The molecule has 14 heavy (non-hydrogen) atoms. The van der Waals surface area contributed by atoms with Crippen LogP contribution in [-0.2, 0) is 0 Å². The molecule has 0 rings (SSSR count). The highest BCUT2D eigenvalue weighted by molar-refractivity contribution is 4.89. The van der Waals surface area contributed by atoms with E-state index >= 15 is 0 Å². The summed E-state index contributed by atoms with van der Waals surface area (Å²) in [5.41, 5.74) is 0. The molecule has 0 amide bonds. The number of aliphatic hydroxyl groups excluding tert-OH is 2. The molecule has 0 aliphatic carbocycles. The Kier molecular flexibility index (Phi) is 19.2. The second kappa shape index (κ2) is 17.7. The molecule has 0 saturated carbocycles. The highest BCUT2D eigenvalue weighted by Crippen LogP contribution is 1.89. The van der Waals surface area contributed by atoms with Crippen molar-refractivity contribution in [3.63, 3.8) is 0 Å². The van der Waals surface area contributed by atoms with Gasteiger partial charge >= 0.3 is 0 Å². The summed E-state index contributed by atoms with van der Waals surface area (Å²) in [6, 6.07) is 0. The van der Waals surface area contributed by atoms with Gasteiger partial charge in [-0.2, -0.15) is 0 Å². The molecule has 0 radical (unpaired) electrons. The molecule has 0 atom stereocenters. The molecule has 0 spiro atoms. The van der Waals surface area contributed by atoms with Crippen LogP contribution in [0.4, 0.5) is 0 Å². The van der Waals surface area contributed by atoms with Crippen molar-refractivity contribution in [3.8, 4) is 24.1 Å². The summed E-state index contributed by atoms with van der Waals surface area (Å²) in [5.74, 6) is 5.11. The maximum Gasteiger partial charge on any atom is 0.107 e. The van der Waals surface area contributed by atoms with Crippen LogP contribution >= 0.6 is 0 Å². The maximum absolute atomic E-state index is 7.93. The Labute approximate surface area is 87.3 Å². The number of hydrogen-bond acceptors (Lipinski definition) is 2. The fourth-order valence-corrected chi connectivity index (χ4v) is 0.642. The van der Waals surface area contributed by atoms with E-state index in [0.717, 1.165) is 38.5 Å². The lowest BCUT2D eigenvalue weighted by molar-refractivity contribution is 0.515. The molecule has 0 fully saturated rings. The second-order valence-electron chi connectivity index (χ2n) is 2.78. The van der Waals surface area contributed by atoms with E-state index in [1.165, 1.54) is 0 Å². The minimum absolute atomic E-state index is 0.826. The Bertz CT molecular complexity index is 176. The second-order valence-corrected chi connectivity index (χ2v) is 2.78. The fourth-order valence-electron chi connectivity index (χ4n) is 0.642. The zero-order chi connectivity index (χ0) is 11.1. The zero-order valence-electron chi connectivity index (χ0n) is 9.14. The van der Waals surface area contributed by atoms with E-state index < -0.39 is 0 Å². The minimum atomic E-state index is 0.826. The monoisotopic (exact) mass is 196 g/mol. The summed E-state index contributed by atoms with van der Waals surface area (Å²) in [7, 11) is 0. The van der Waals surface area contributed by atoms with Gasteiger partial charge in [0.25, 0.3) is 0 Å². The van der Waals surface area contributed by atoms with Crippen molar-refractivity contribution in [1.82, 2.24) is 0 Å². The van der Waals surface area contributed by atoms with Crippen LogP contribution in [-0.4, -0.2) is 10.2 Å². The number of aliphatic hydroxyl groups is 2. The van der Waals surface area contributed by atoms with E-state index in [2.05, 4.69) is 25.7 Å². The summed E-state index contributed by atoms with van der Waals surface area (Å²) in [6.45, 7) is 4.19. The lowest BCUT2D eigenvalue weighted by Gasteiger charge is -1.80. The molecule has 0 heterocycles. The van der Waals surface area contributed by atoms with E-state index in [4.69, 9.17) is 10.2 Å². The molecule has 80 valence electrons. The summed E-state index contributed by atoms with van der Waals surface area (Å²) < 4.78 is 0. The van der Waals surface area contributed by atoms with E-state index in [1.54, 1.807) is 0 Å². The van der Waals surface area contributed by atoms with Gasteiger partial charge in [0.15, 0.2) is 0 Å². The van der Waals surface area contributed by atoms with Crippen LogP contribution in [0.15, 0.2) is 0 Å². The predicted molar refractivity (Wildman–Crippen MR) is 58.5 cm³/mol. The minimum Gasteiger partial charge on any atom is -0.462 e. The molecule has 2 nitrogen and oxygen atoms in total. The van der Waals surface area contributed by atoms with Crippen molar-refractivity contribution in [1.29, 1.82) is 0 Å². The molecule has 0 bridgehead atoms. The van der Waals surface area contributed by atoms with E-state index in [0.29, 0.717) is 0 Å². The molecule has 0 unspecified atom stereocenters. The standard InChI is InChI=1S/2C6H10O/c2*1-2-3-4-5-6-7/h2*7H,2-4H2,1H3. The van der Waals surface area contributed by atoms with Gasteiger partial charge in [-0.25, -0.2) is 0 Å². The van der Waals surface area contributed by atoms with Crippen molar-refractivity contribution in [2.45, 2.75) is 52.4 Å². The van der Waals surface area contributed by atoms with Gasteiger partial charge in [0.2, 0.25) is 0 Å². The van der Waals surface area contributed by atoms with E-state index in [9.17, 15) is 0 Å². The van der Waals surface area contributed by atoms with Crippen molar-refractivity contribution in [3.05, 3.63) is 0 Å². The van der Waals surface area contributed by atoms with Gasteiger partial charge in [0.05, 0.1) is 0 Å². The summed E-state index contributed by atoms with van der Waals surface area (Å²) in [4.78, 5) is 0. The van der Waals surface area contributed by atoms with Gasteiger partial charge in [0, 0.05) is 12.8 Å². The highest BCUT2D eigenvalue weighted by Gasteiger charge is 1.74. The van der Waals surface area contributed by atoms with Crippen LogP contribution in [0.1, 0.15) is 52.4 Å². The van der Waals surface area contributed by atoms with Crippen molar-refractivity contribution < 1.29 is 10.2 Å². The SMILES string of the molecule is CCCCC#CO.CCCCC#CO. The third-order valence-corrected chi connectivity index (χ3v) is 1.47. The highest BCUT2D eigenvalue weighted by atomic mass is 16.2. The Morgan fingerprint density at radius 2 is 1.14 bits per heavy atom. The Balaban J connectivity index is 0. The van der Waals surface area contributed by atoms with Crippen LogP contribution in [0.3, 0.4) is 0 Å². The first-order valence-electron chi connectivity index (χ1n) is 5.07. The third-order valence-electron chi connectivity index (χ3n) is 1.47. The molecule has 2 N–H and O–H groups in total. The van der Waals surface area contributed by atoms with Gasteiger partial charge in [0.1, 0.15) is 12.2 Å². The molecule has 0 aliphatic rings. The summed E-state index contributed by atoms with van der Waals surface area (Å²) >= 11 is 0. The predicted octanol–water partition coefficient (Wildman–Crippen LogP) is 3.02. The summed E-state index contributed by atoms with van der Waals surface area (Å²) in [5, 5.41) is 15.9. The zero-order valence-corrected chi connectivity index (χ0v) is 9.14. The summed E-state index contributed by atoms with van der Waals surface area (Å²) in [6.07, 6.45) is 9.83. The first-order chi connectivity index (χ1) is 6.83.